The average Bonchev–Trinajstić information content (AvgIpc) is 3.42. The van der Waals surface area contributed by atoms with Crippen LogP contribution >= 0.6 is 12.2 Å². The van der Waals surface area contributed by atoms with Crippen LogP contribution in [0.2, 0.25) is 0 Å². The van der Waals surface area contributed by atoms with Crippen LogP contribution in [0.25, 0.3) is 11.4 Å². The van der Waals surface area contributed by atoms with E-state index in [2.05, 4.69) is 0 Å². The lowest BCUT2D eigenvalue weighted by molar-refractivity contribution is -0.119. The van der Waals surface area contributed by atoms with Crippen LogP contribution in [-0.4, -0.2) is 38.2 Å². The summed E-state index contributed by atoms with van der Waals surface area (Å²) >= 11 is 5.76. The lowest BCUT2D eigenvalue weighted by Crippen LogP contribution is -2.39. The monoisotopic (exact) mass is 447 g/mol. The number of anilines is 1. The third-order valence-electron chi connectivity index (χ3n) is 5.09. The Balaban J connectivity index is 1.79. The van der Waals surface area contributed by atoms with Gasteiger partial charge < -0.3 is 9.64 Å². The van der Waals surface area contributed by atoms with Crippen LogP contribution in [0.4, 0.5) is 5.69 Å². The zero-order valence-electron chi connectivity index (χ0n) is 18.3. The Hall–Kier alpha value is -3.65. The largest absolute Gasteiger partial charge is 0.496 e. The predicted molar refractivity (Wildman–Crippen MR) is 127 cm³/mol. The van der Waals surface area contributed by atoms with Crippen LogP contribution in [0, 0.1) is 4.77 Å². The standard InChI is InChI=1S/C24H25N5O2S/c1-18(2)28(19-11-5-4-6-12-19)22(30)17-27-24(32)29(26-15-9-10-16-26)23(25-27)20-13-7-8-14-21(20)31-3/h4-16,18H,17H2,1-3H3. The maximum Gasteiger partial charge on any atom is 0.249 e. The molecule has 0 spiro atoms. The van der Waals surface area contributed by atoms with Crippen molar-refractivity contribution in [3.8, 4) is 17.1 Å². The number of amides is 1. The first-order valence-electron chi connectivity index (χ1n) is 10.3. The van der Waals surface area contributed by atoms with E-state index in [1.165, 1.54) is 0 Å². The fourth-order valence-electron chi connectivity index (χ4n) is 3.69. The molecule has 0 fully saturated rings. The van der Waals surface area contributed by atoms with Gasteiger partial charge in [-0.15, -0.1) is 5.10 Å². The highest BCUT2D eigenvalue weighted by atomic mass is 32.1. The van der Waals surface area contributed by atoms with Gasteiger partial charge in [-0.25, -0.2) is 9.36 Å². The number of carbonyl (C=O) groups is 1. The van der Waals surface area contributed by atoms with E-state index in [9.17, 15) is 4.79 Å². The highest BCUT2D eigenvalue weighted by Gasteiger charge is 2.23. The molecule has 0 radical (unpaired) electrons. The van der Waals surface area contributed by atoms with Crippen molar-refractivity contribution in [2.75, 3.05) is 12.0 Å². The van der Waals surface area contributed by atoms with Gasteiger partial charge in [0.2, 0.25) is 10.7 Å². The van der Waals surface area contributed by atoms with Gasteiger partial charge in [0, 0.05) is 24.1 Å². The molecule has 0 saturated heterocycles. The molecular weight excluding hydrogens is 422 g/mol. The molecule has 0 unspecified atom stereocenters. The number of hydrogen-bond acceptors (Lipinski definition) is 4. The summed E-state index contributed by atoms with van der Waals surface area (Å²) in [6, 6.07) is 21.0. The number of ether oxygens (including phenoxy) is 1. The zero-order valence-corrected chi connectivity index (χ0v) is 19.1. The highest BCUT2D eigenvalue weighted by molar-refractivity contribution is 7.71. The summed E-state index contributed by atoms with van der Waals surface area (Å²) in [4.78, 5) is 15.1. The molecule has 0 atom stereocenters. The van der Waals surface area contributed by atoms with E-state index in [0.29, 0.717) is 16.3 Å². The number of aromatic nitrogens is 4. The first kappa shape index (κ1) is 21.6. The summed E-state index contributed by atoms with van der Waals surface area (Å²) in [6.07, 6.45) is 3.76. The van der Waals surface area contributed by atoms with E-state index in [4.69, 9.17) is 22.1 Å². The van der Waals surface area contributed by atoms with E-state index in [0.717, 1.165) is 11.3 Å². The van der Waals surface area contributed by atoms with Gasteiger partial charge in [0.25, 0.3) is 0 Å². The smallest absolute Gasteiger partial charge is 0.249 e. The van der Waals surface area contributed by atoms with Crippen LogP contribution in [-0.2, 0) is 11.3 Å². The first-order chi connectivity index (χ1) is 15.5. The maximum atomic E-state index is 13.4. The van der Waals surface area contributed by atoms with E-state index < -0.39 is 0 Å². The molecule has 0 saturated carbocycles. The third-order valence-corrected chi connectivity index (χ3v) is 5.47. The second kappa shape index (κ2) is 9.23. The van der Waals surface area contributed by atoms with Crippen molar-refractivity contribution in [1.82, 2.24) is 19.1 Å². The quantitative estimate of drug-likeness (QED) is 0.387. The Labute approximate surface area is 192 Å². The van der Waals surface area contributed by atoms with E-state index in [-0.39, 0.29) is 18.5 Å². The van der Waals surface area contributed by atoms with Crippen molar-refractivity contribution in [2.45, 2.75) is 26.4 Å². The van der Waals surface area contributed by atoms with Crippen molar-refractivity contribution in [3.05, 3.63) is 83.9 Å². The van der Waals surface area contributed by atoms with Gasteiger partial charge in [-0.2, -0.15) is 0 Å². The van der Waals surface area contributed by atoms with Gasteiger partial charge in [0.1, 0.15) is 12.3 Å². The molecular formula is C24H25N5O2S. The van der Waals surface area contributed by atoms with Crippen molar-refractivity contribution >= 4 is 23.8 Å². The van der Waals surface area contributed by atoms with Crippen molar-refractivity contribution < 1.29 is 9.53 Å². The molecule has 0 aliphatic carbocycles. The number of para-hydroxylation sites is 2. The van der Waals surface area contributed by atoms with Gasteiger partial charge in [-0.1, -0.05) is 30.3 Å². The molecule has 0 aliphatic rings. The minimum Gasteiger partial charge on any atom is -0.496 e. The van der Waals surface area contributed by atoms with Crippen LogP contribution in [0.1, 0.15) is 13.8 Å². The number of rotatable bonds is 7. The molecule has 4 aromatic rings. The molecule has 8 heteroatoms. The molecule has 4 rings (SSSR count). The summed E-state index contributed by atoms with van der Waals surface area (Å²) in [5, 5.41) is 4.75. The zero-order chi connectivity index (χ0) is 22.7. The number of carbonyl (C=O) groups excluding carboxylic acids is 1. The summed E-state index contributed by atoms with van der Waals surface area (Å²) in [6.45, 7) is 3.99. The van der Waals surface area contributed by atoms with E-state index in [1.807, 2.05) is 97.6 Å². The molecule has 32 heavy (non-hydrogen) atoms. The molecule has 2 aromatic carbocycles. The molecule has 2 aromatic heterocycles. The topological polar surface area (TPSA) is 57.2 Å². The molecule has 1 amide bonds. The minimum atomic E-state index is -0.0916. The second-order valence-corrected chi connectivity index (χ2v) is 7.90. The Morgan fingerprint density at radius 1 is 1.03 bits per heavy atom. The number of methoxy groups -OCH3 is 1. The van der Waals surface area contributed by atoms with Gasteiger partial charge >= 0.3 is 0 Å². The summed E-state index contributed by atoms with van der Waals surface area (Å²) in [5.74, 6) is 1.17. The Morgan fingerprint density at radius 3 is 2.34 bits per heavy atom. The predicted octanol–water partition coefficient (Wildman–Crippen LogP) is 4.64. The van der Waals surface area contributed by atoms with Crippen LogP contribution in [0.3, 0.4) is 0 Å². The third kappa shape index (κ3) is 4.09. The van der Waals surface area contributed by atoms with Crippen molar-refractivity contribution in [1.29, 1.82) is 0 Å². The normalized spacial score (nSPS) is 11.0. The maximum absolute atomic E-state index is 13.4. The summed E-state index contributed by atoms with van der Waals surface area (Å²) < 4.78 is 11.2. The number of hydrogen-bond donors (Lipinski definition) is 0. The van der Waals surface area contributed by atoms with Crippen molar-refractivity contribution in [2.24, 2.45) is 0 Å². The van der Waals surface area contributed by atoms with Crippen molar-refractivity contribution in [3.63, 3.8) is 0 Å². The molecule has 0 N–H and O–H groups in total. The molecule has 0 aliphatic heterocycles. The Bertz CT molecular complexity index is 1260. The molecule has 7 nitrogen and oxygen atoms in total. The lowest BCUT2D eigenvalue weighted by Gasteiger charge is -2.26. The number of nitrogens with zero attached hydrogens (tertiary/aromatic N) is 5. The molecule has 164 valence electrons. The Morgan fingerprint density at radius 2 is 1.69 bits per heavy atom. The average molecular weight is 448 g/mol. The summed E-state index contributed by atoms with van der Waals surface area (Å²) in [7, 11) is 1.62. The summed E-state index contributed by atoms with van der Waals surface area (Å²) in [5.41, 5.74) is 1.62. The van der Waals surface area contributed by atoms with Crippen LogP contribution in [0.15, 0.2) is 79.1 Å². The lowest BCUT2D eigenvalue weighted by atomic mass is 10.2. The van der Waals surface area contributed by atoms with E-state index >= 15 is 0 Å². The highest BCUT2D eigenvalue weighted by Crippen LogP contribution is 2.29. The van der Waals surface area contributed by atoms with E-state index in [1.54, 1.807) is 21.4 Å². The van der Waals surface area contributed by atoms with Gasteiger partial charge in [-0.3, -0.25) is 9.47 Å². The fraction of sp³-hybridized carbons (Fsp3) is 0.208. The van der Waals surface area contributed by atoms with Gasteiger partial charge in [0.15, 0.2) is 5.82 Å². The van der Waals surface area contributed by atoms with Gasteiger partial charge in [0.05, 0.1) is 12.7 Å². The second-order valence-electron chi connectivity index (χ2n) is 7.53. The SMILES string of the molecule is COc1ccccc1-c1nn(CC(=O)N(c2ccccc2)C(C)C)c(=S)n1-n1cccc1. The minimum absolute atomic E-state index is 0.0145. The van der Waals surface area contributed by atoms with Crippen LogP contribution < -0.4 is 9.64 Å². The Kier molecular flexibility index (Phi) is 6.23. The number of benzene rings is 2. The molecule has 0 bridgehead atoms. The molecule has 2 heterocycles. The van der Waals surface area contributed by atoms with Crippen LogP contribution in [0.5, 0.6) is 5.75 Å². The van der Waals surface area contributed by atoms with Gasteiger partial charge in [-0.05, 0) is 62.5 Å². The fourth-order valence-corrected chi connectivity index (χ4v) is 3.98. The first-order valence-corrected chi connectivity index (χ1v) is 10.8.